The fourth-order valence-corrected chi connectivity index (χ4v) is 1.60. The smallest absolute Gasteiger partial charge is 0.128 e. The van der Waals surface area contributed by atoms with Crippen LogP contribution in [0.5, 0.6) is 0 Å². The number of benzene rings is 2. The molecule has 0 fully saturated rings. The molecule has 0 aromatic heterocycles. The van der Waals surface area contributed by atoms with Gasteiger partial charge in [0, 0.05) is 5.56 Å². The highest BCUT2D eigenvalue weighted by Crippen LogP contribution is 2.22. The molecule has 2 rings (SSSR count). The third-order valence-corrected chi connectivity index (χ3v) is 2.50. The van der Waals surface area contributed by atoms with Gasteiger partial charge in [0.1, 0.15) is 11.6 Å². The topological polar surface area (TPSA) is 23.8 Å². The second-order valence-electron chi connectivity index (χ2n) is 3.65. The summed E-state index contributed by atoms with van der Waals surface area (Å²) in [5.41, 5.74) is 1.79. The van der Waals surface area contributed by atoms with Crippen molar-refractivity contribution in [3.05, 3.63) is 59.7 Å². The van der Waals surface area contributed by atoms with Crippen LogP contribution in [0.4, 0.5) is 8.78 Å². The van der Waals surface area contributed by atoms with Gasteiger partial charge in [0.05, 0.1) is 12.5 Å². The van der Waals surface area contributed by atoms with Crippen LogP contribution in [-0.2, 0) is 6.42 Å². The van der Waals surface area contributed by atoms with E-state index in [0.29, 0.717) is 11.1 Å². The summed E-state index contributed by atoms with van der Waals surface area (Å²) in [6.45, 7) is 0. The molecule has 17 heavy (non-hydrogen) atoms. The van der Waals surface area contributed by atoms with E-state index in [-0.39, 0.29) is 12.2 Å². The highest BCUT2D eigenvalue weighted by molar-refractivity contribution is 5.63. The first-order chi connectivity index (χ1) is 8.20. The van der Waals surface area contributed by atoms with Crippen LogP contribution >= 0.6 is 0 Å². The van der Waals surface area contributed by atoms with E-state index >= 15 is 0 Å². The van der Waals surface area contributed by atoms with E-state index in [1.807, 2.05) is 6.07 Å². The van der Waals surface area contributed by atoms with Crippen molar-refractivity contribution in [3.8, 4) is 17.2 Å². The standard InChI is InChI=1S/C14H9F2N/c15-13-5-3-10(4-6-13)12-2-1-11(7-8-17)14(16)9-12/h1-6,9H,7H2. The lowest BCUT2D eigenvalue weighted by molar-refractivity contribution is 0.616. The van der Waals surface area contributed by atoms with Gasteiger partial charge in [-0.2, -0.15) is 5.26 Å². The van der Waals surface area contributed by atoms with Crippen LogP contribution in [0.1, 0.15) is 5.56 Å². The Hall–Kier alpha value is -2.21. The highest BCUT2D eigenvalue weighted by Gasteiger charge is 2.04. The van der Waals surface area contributed by atoms with Crippen molar-refractivity contribution in [2.75, 3.05) is 0 Å². The number of hydrogen-bond acceptors (Lipinski definition) is 1. The molecule has 2 aromatic carbocycles. The van der Waals surface area contributed by atoms with Crippen LogP contribution in [0.3, 0.4) is 0 Å². The number of nitriles is 1. The van der Waals surface area contributed by atoms with Gasteiger partial charge in [-0.15, -0.1) is 0 Å². The van der Waals surface area contributed by atoms with Gasteiger partial charge >= 0.3 is 0 Å². The Bertz CT molecular complexity index is 568. The minimum Gasteiger partial charge on any atom is -0.207 e. The lowest BCUT2D eigenvalue weighted by atomic mass is 10.0. The summed E-state index contributed by atoms with van der Waals surface area (Å²) >= 11 is 0. The fraction of sp³-hybridized carbons (Fsp3) is 0.0714. The second-order valence-corrected chi connectivity index (χ2v) is 3.65. The Morgan fingerprint density at radius 2 is 1.59 bits per heavy atom. The van der Waals surface area contributed by atoms with Crippen LogP contribution < -0.4 is 0 Å². The molecule has 0 spiro atoms. The third-order valence-electron chi connectivity index (χ3n) is 2.50. The highest BCUT2D eigenvalue weighted by atomic mass is 19.1. The summed E-state index contributed by atoms with van der Waals surface area (Å²) in [5.74, 6) is -0.733. The van der Waals surface area contributed by atoms with Crippen LogP contribution in [0, 0.1) is 23.0 Å². The van der Waals surface area contributed by atoms with Gasteiger partial charge in [-0.1, -0.05) is 24.3 Å². The first-order valence-electron chi connectivity index (χ1n) is 5.12. The molecule has 0 amide bonds. The molecule has 0 bridgehead atoms. The largest absolute Gasteiger partial charge is 0.207 e. The summed E-state index contributed by atoms with van der Waals surface area (Å²) in [6.07, 6.45) is 0.0511. The van der Waals surface area contributed by atoms with Crippen molar-refractivity contribution >= 4 is 0 Å². The van der Waals surface area contributed by atoms with Gasteiger partial charge in [-0.25, -0.2) is 8.78 Å². The summed E-state index contributed by atoms with van der Waals surface area (Å²) < 4.78 is 26.3. The van der Waals surface area contributed by atoms with Gasteiger partial charge in [0.15, 0.2) is 0 Å². The molecule has 84 valence electrons. The van der Waals surface area contributed by atoms with Crippen LogP contribution in [0.25, 0.3) is 11.1 Å². The number of hydrogen-bond donors (Lipinski definition) is 0. The predicted octanol–water partition coefficient (Wildman–Crippen LogP) is 3.70. The average molecular weight is 229 g/mol. The Balaban J connectivity index is 2.38. The van der Waals surface area contributed by atoms with Crippen molar-refractivity contribution in [1.82, 2.24) is 0 Å². The van der Waals surface area contributed by atoms with Gasteiger partial charge in [0.25, 0.3) is 0 Å². The zero-order chi connectivity index (χ0) is 12.3. The van der Waals surface area contributed by atoms with Crippen molar-refractivity contribution < 1.29 is 8.78 Å². The molecule has 2 aromatic rings. The molecule has 0 unspecified atom stereocenters. The maximum Gasteiger partial charge on any atom is 0.128 e. The number of nitrogens with zero attached hydrogens (tertiary/aromatic N) is 1. The van der Waals surface area contributed by atoms with E-state index in [9.17, 15) is 8.78 Å². The monoisotopic (exact) mass is 229 g/mol. The Labute approximate surface area is 97.9 Å². The predicted molar refractivity (Wildman–Crippen MR) is 61.1 cm³/mol. The normalized spacial score (nSPS) is 9.94. The Morgan fingerprint density at radius 1 is 0.941 bits per heavy atom. The molecule has 0 N–H and O–H groups in total. The van der Waals surface area contributed by atoms with Gasteiger partial charge < -0.3 is 0 Å². The van der Waals surface area contributed by atoms with Crippen LogP contribution in [0.15, 0.2) is 42.5 Å². The summed E-state index contributed by atoms with van der Waals surface area (Å²) in [6, 6.07) is 12.4. The molecule has 0 atom stereocenters. The summed E-state index contributed by atoms with van der Waals surface area (Å²) in [4.78, 5) is 0. The summed E-state index contributed by atoms with van der Waals surface area (Å²) in [5, 5.41) is 8.50. The molecule has 0 aliphatic heterocycles. The van der Waals surface area contributed by atoms with E-state index in [1.165, 1.54) is 18.2 Å². The Morgan fingerprint density at radius 3 is 2.18 bits per heavy atom. The summed E-state index contributed by atoms with van der Waals surface area (Å²) in [7, 11) is 0. The van der Waals surface area contributed by atoms with Crippen LogP contribution in [-0.4, -0.2) is 0 Å². The van der Waals surface area contributed by atoms with Crippen molar-refractivity contribution in [1.29, 1.82) is 5.26 Å². The van der Waals surface area contributed by atoms with E-state index < -0.39 is 5.82 Å². The molecular formula is C14H9F2N. The van der Waals surface area contributed by atoms with Crippen molar-refractivity contribution in [2.45, 2.75) is 6.42 Å². The van der Waals surface area contributed by atoms with E-state index in [4.69, 9.17) is 5.26 Å². The van der Waals surface area contributed by atoms with E-state index in [1.54, 1.807) is 24.3 Å². The fourth-order valence-electron chi connectivity index (χ4n) is 1.60. The van der Waals surface area contributed by atoms with E-state index in [0.717, 1.165) is 5.56 Å². The minimum atomic E-state index is -0.409. The molecule has 0 aliphatic carbocycles. The quantitative estimate of drug-likeness (QED) is 0.770. The Kier molecular flexibility index (Phi) is 3.15. The molecule has 0 heterocycles. The number of halogens is 2. The molecule has 3 heteroatoms. The zero-order valence-electron chi connectivity index (χ0n) is 8.95. The van der Waals surface area contributed by atoms with Crippen molar-refractivity contribution in [3.63, 3.8) is 0 Å². The molecular weight excluding hydrogens is 220 g/mol. The van der Waals surface area contributed by atoms with Gasteiger partial charge in [-0.05, 0) is 29.3 Å². The van der Waals surface area contributed by atoms with Crippen molar-refractivity contribution in [2.24, 2.45) is 0 Å². The number of rotatable bonds is 2. The van der Waals surface area contributed by atoms with Gasteiger partial charge in [-0.3, -0.25) is 0 Å². The minimum absolute atomic E-state index is 0.0511. The molecule has 1 nitrogen and oxygen atoms in total. The van der Waals surface area contributed by atoms with Gasteiger partial charge in [0.2, 0.25) is 0 Å². The molecule has 0 saturated carbocycles. The second kappa shape index (κ2) is 4.75. The first kappa shape index (κ1) is 11.3. The lowest BCUT2D eigenvalue weighted by Gasteiger charge is -2.04. The maximum absolute atomic E-state index is 13.6. The maximum atomic E-state index is 13.6. The van der Waals surface area contributed by atoms with Crippen LogP contribution in [0.2, 0.25) is 0 Å². The SMILES string of the molecule is N#CCc1ccc(-c2ccc(F)cc2)cc1F. The lowest BCUT2D eigenvalue weighted by Crippen LogP contribution is -1.89. The molecule has 0 aliphatic rings. The average Bonchev–Trinajstić information content (AvgIpc) is 2.33. The zero-order valence-corrected chi connectivity index (χ0v) is 8.95. The molecule has 0 radical (unpaired) electrons. The van der Waals surface area contributed by atoms with E-state index in [2.05, 4.69) is 0 Å². The third kappa shape index (κ3) is 2.48. The first-order valence-corrected chi connectivity index (χ1v) is 5.12. The molecule has 0 saturated heterocycles.